The smallest absolute Gasteiger partial charge is 0.202 e. The van der Waals surface area contributed by atoms with Crippen LogP contribution in [0.15, 0.2) is 53.5 Å². The molecule has 1 saturated heterocycles. The molecule has 2 aromatic carbocycles. The highest BCUT2D eigenvalue weighted by molar-refractivity contribution is 7.80. The van der Waals surface area contributed by atoms with Crippen molar-refractivity contribution in [3.8, 4) is 0 Å². The first-order valence-corrected chi connectivity index (χ1v) is 10.2. The van der Waals surface area contributed by atoms with Gasteiger partial charge in [0.15, 0.2) is 0 Å². The molecule has 6 heteroatoms. The summed E-state index contributed by atoms with van der Waals surface area (Å²) < 4.78 is 6.04. The first-order valence-electron chi connectivity index (χ1n) is 9.46. The van der Waals surface area contributed by atoms with Crippen LogP contribution in [0.5, 0.6) is 0 Å². The van der Waals surface area contributed by atoms with Crippen LogP contribution in [-0.2, 0) is 4.74 Å². The SMILES string of the molecule is Cc1ccccc1NC1=NC(=S)N(c2ccc(Cl)cc2)[C@@]12CCOC(C)(C)C2. The molecule has 28 heavy (non-hydrogen) atoms. The number of hydrogen-bond acceptors (Lipinski definition) is 3. The van der Waals surface area contributed by atoms with E-state index < -0.39 is 0 Å². The molecule has 2 aliphatic heterocycles. The monoisotopic (exact) mass is 413 g/mol. The van der Waals surface area contributed by atoms with E-state index >= 15 is 0 Å². The average molecular weight is 414 g/mol. The number of benzene rings is 2. The van der Waals surface area contributed by atoms with E-state index in [0.29, 0.717) is 16.7 Å². The molecule has 2 aromatic rings. The maximum absolute atomic E-state index is 6.12. The Bertz CT molecular complexity index is 941. The second-order valence-corrected chi connectivity index (χ2v) is 8.86. The number of anilines is 2. The average Bonchev–Trinajstić information content (AvgIpc) is 2.88. The maximum Gasteiger partial charge on any atom is 0.202 e. The molecule has 1 N–H and O–H groups in total. The molecule has 0 radical (unpaired) electrons. The fourth-order valence-corrected chi connectivity index (χ4v) is 4.70. The Morgan fingerprint density at radius 3 is 2.54 bits per heavy atom. The van der Waals surface area contributed by atoms with Crippen LogP contribution in [0, 0.1) is 6.92 Å². The summed E-state index contributed by atoms with van der Waals surface area (Å²) >= 11 is 11.9. The van der Waals surface area contributed by atoms with Gasteiger partial charge in [0.2, 0.25) is 5.11 Å². The third-order valence-electron chi connectivity index (χ3n) is 5.48. The summed E-state index contributed by atoms with van der Waals surface area (Å²) in [5.74, 6) is 0.887. The van der Waals surface area contributed by atoms with Gasteiger partial charge in [-0.15, -0.1) is 0 Å². The second-order valence-electron chi connectivity index (χ2n) is 8.06. The zero-order valence-corrected chi connectivity index (χ0v) is 17.9. The minimum absolute atomic E-state index is 0.281. The minimum Gasteiger partial charge on any atom is -0.375 e. The predicted octanol–water partition coefficient (Wildman–Crippen LogP) is 5.59. The zero-order chi connectivity index (χ0) is 19.9. The normalized spacial score (nSPS) is 23.8. The van der Waals surface area contributed by atoms with E-state index in [4.69, 9.17) is 33.5 Å². The standard InChI is InChI=1S/C22H24ClN3OS/c1-15-6-4-5-7-18(15)24-19-22(12-13-27-21(2,3)14-22)26(20(28)25-19)17-10-8-16(23)9-11-17/h4-11H,12-14H2,1-3H3,(H,24,25,28)/t22-/m1/s1. The Balaban J connectivity index is 1.79. The lowest BCUT2D eigenvalue weighted by Gasteiger charge is -2.48. The summed E-state index contributed by atoms with van der Waals surface area (Å²) in [6.07, 6.45) is 1.58. The molecule has 146 valence electrons. The van der Waals surface area contributed by atoms with Crippen molar-refractivity contribution in [3.05, 3.63) is 59.1 Å². The van der Waals surface area contributed by atoms with Gasteiger partial charge in [0.05, 0.1) is 5.60 Å². The zero-order valence-electron chi connectivity index (χ0n) is 16.3. The Kier molecular flexibility index (Phi) is 4.94. The summed E-state index contributed by atoms with van der Waals surface area (Å²) in [4.78, 5) is 6.99. The molecule has 4 rings (SSSR count). The van der Waals surface area contributed by atoms with Gasteiger partial charge in [0.25, 0.3) is 0 Å². The van der Waals surface area contributed by atoms with Crippen LogP contribution in [0.1, 0.15) is 32.3 Å². The highest BCUT2D eigenvalue weighted by atomic mass is 35.5. The van der Waals surface area contributed by atoms with Crippen LogP contribution in [0.3, 0.4) is 0 Å². The molecule has 4 nitrogen and oxygen atoms in total. The first-order chi connectivity index (χ1) is 13.3. The third kappa shape index (κ3) is 3.43. The van der Waals surface area contributed by atoms with Crippen molar-refractivity contribution in [3.63, 3.8) is 0 Å². The number of amidine groups is 1. The van der Waals surface area contributed by atoms with Crippen LogP contribution in [0.2, 0.25) is 5.02 Å². The van der Waals surface area contributed by atoms with E-state index in [-0.39, 0.29) is 11.1 Å². The highest BCUT2D eigenvalue weighted by Crippen LogP contribution is 2.44. The Labute approximate surface area is 176 Å². The molecule has 1 spiro atoms. The first kappa shape index (κ1) is 19.4. The molecule has 0 amide bonds. The van der Waals surface area contributed by atoms with Crippen molar-refractivity contribution in [1.82, 2.24) is 0 Å². The van der Waals surface area contributed by atoms with Gasteiger partial charge >= 0.3 is 0 Å². The number of halogens is 1. The van der Waals surface area contributed by atoms with Crippen molar-refractivity contribution in [2.45, 2.75) is 44.8 Å². The summed E-state index contributed by atoms with van der Waals surface area (Å²) in [5.41, 5.74) is 2.55. The molecular weight excluding hydrogens is 390 g/mol. The molecule has 1 atom stereocenters. The number of aliphatic imine (C=N–C) groups is 1. The lowest BCUT2D eigenvalue weighted by atomic mass is 9.79. The van der Waals surface area contributed by atoms with Crippen molar-refractivity contribution < 1.29 is 4.74 Å². The van der Waals surface area contributed by atoms with Gasteiger partial charge in [-0.25, -0.2) is 4.99 Å². The van der Waals surface area contributed by atoms with E-state index in [0.717, 1.165) is 30.1 Å². The van der Waals surface area contributed by atoms with Gasteiger partial charge in [-0.2, -0.15) is 0 Å². The molecular formula is C22H24ClN3OS. The fraction of sp³-hybridized carbons (Fsp3) is 0.364. The fourth-order valence-electron chi connectivity index (χ4n) is 4.20. The van der Waals surface area contributed by atoms with E-state index in [1.54, 1.807) is 0 Å². The van der Waals surface area contributed by atoms with Crippen LogP contribution < -0.4 is 10.2 Å². The number of rotatable bonds is 2. The molecule has 1 fully saturated rings. The molecule has 2 heterocycles. The van der Waals surface area contributed by atoms with Gasteiger partial charge in [0.1, 0.15) is 11.4 Å². The number of aryl methyl sites for hydroxylation is 1. The minimum atomic E-state index is -0.380. The summed E-state index contributed by atoms with van der Waals surface area (Å²) in [5, 5.41) is 4.86. The summed E-state index contributed by atoms with van der Waals surface area (Å²) in [6, 6.07) is 16.0. The largest absolute Gasteiger partial charge is 0.375 e. The van der Waals surface area contributed by atoms with Crippen LogP contribution in [0.4, 0.5) is 11.4 Å². The number of thiocarbonyl (C=S) groups is 1. The number of hydrogen-bond donors (Lipinski definition) is 1. The van der Waals surface area contributed by atoms with E-state index in [2.05, 4.69) is 43.1 Å². The highest BCUT2D eigenvalue weighted by Gasteiger charge is 2.53. The topological polar surface area (TPSA) is 36.9 Å². The Hall–Kier alpha value is -1.95. The van der Waals surface area contributed by atoms with Crippen molar-refractivity contribution in [1.29, 1.82) is 0 Å². The van der Waals surface area contributed by atoms with E-state index in [1.807, 2.05) is 36.4 Å². The van der Waals surface area contributed by atoms with Gasteiger partial charge in [0, 0.05) is 35.8 Å². The molecule has 0 saturated carbocycles. The van der Waals surface area contributed by atoms with Crippen molar-refractivity contribution >= 4 is 46.1 Å². The van der Waals surface area contributed by atoms with Gasteiger partial charge in [-0.1, -0.05) is 29.8 Å². The lowest BCUT2D eigenvalue weighted by molar-refractivity contribution is -0.0661. The number of nitrogens with one attached hydrogen (secondary N) is 1. The maximum atomic E-state index is 6.12. The van der Waals surface area contributed by atoms with Gasteiger partial charge in [-0.3, -0.25) is 0 Å². The van der Waals surface area contributed by atoms with Crippen LogP contribution in [-0.4, -0.2) is 28.7 Å². The quantitative estimate of drug-likeness (QED) is 0.651. The number of ether oxygens (including phenoxy) is 1. The van der Waals surface area contributed by atoms with Gasteiger partial charge in [-0.05, 0) is 68.9 Å². The predicted molar refractivity (Wildman–Crippen MR) is 121 cm³/mol. The number of nitrogens with zero attached hydrogens (tertiary/aromatic N) is 2. The van der Waals surface area contributed by atoms with Crippen molar-refractivity contribution in [2.24, 2.45) is 4.99 Å². The van der Waals surface area contributed by atoms with E-state index in [9.17, 15) is 0 Å². The van der Waals surface area contributed by atoms with Gasteiger partial charge < -0.3 is 15.0 Å². The Morgan fingerprint density at radius 2 is 1.86 bits per heavy atom. The number of para-hydroxylation sites is 1. The van der Waals surface area contributed by atoms with Crippen LogP contribution in [0.25, 0.3) is 0 Å². The second kappa shape index (κ2) is 7.14. The third-order valence-corrected chi connectivity index (χ3v) is 6.00. The Morgan fingerprint density at radius 1 is 1.14 bits per heavy atom. The molecule has 0 bridgehead atoms. The summed E-state index contributed by atoms with van der Waals surface area (Å²) in [6.45, 7) is 6.99. The lowest BCUT2D eigenvalue weighted by Crippen LogP contribution is -2.60. The van der Waals surface area contributed by atoms with Crippen LogP contribution >= 0.6 is 23.8 Å². The van der Waals surface area contributed by atoms with E-state index in [1.165, 1.54) is 5.56 Å². The molecule has 0 unspecified atom stereocenters. The summed E-state index contributed by atoms with van der Waals surface area (Å²) in [7, 11) is 0. The molecule has 2 aliphatic rings. The molecule has 0 aromatic heterocycles. The van der Waals surface area contributed by atoms with Crippen molar-refractivity contribution in [2.75, 3.05) is 16.8 Å². The molecule has 0 aliphatic carbocycles.